The maximum absolute atomic E-state index is 12.6. The van der Waals surface area contributed by atoms with Crippen LogP contribution in [0.4, 0.5) is 27.6 Å². The highest BCUT2D eigenvalue weighted by Crippen LogP contribution is 2.22. The quantitative estimate of drug-likeness (QED) is 0.539. The van der Waals surface area contributed by atoms with E-state index in [1.165, 1.54) is 0 Å². The van der Waals surface area contributed by atoms with Crippen LogP contribution in [-0.4, -0.2) is 6.30 Å². The van der Waals surface area contributed by atoms with Crippen molar-refractivity contribution < 1.29 is 22.0 Å². The Hall–Kier alpha value is -1.33. The zero-order valence-corrected chi connectivity index (χ0v) is 6.12. The first-order valence-corrected chi connectivity index (χ1v) is 3.18. The first-order valence-electron chi connectivity index (χ1n) is 3.18. The van der Waals surface area contributed by atoms with Crippen LogP contribution in [0.1, 0.15) is 0 Å². The SMILES string of the molecule is Fc1ccc(F)c(NC(F)(F)F)c1. The van der Waals surface area contributed by atoms with E-state index in [9.17, 15) is 22.0 Å². The van der Waals surface area contributed by atoms with Crippen molar-refractivity contribution in [2.75, 3.05) is 5.32 Å². The number of alkyl halides is 3. The Labute approximate surface area is 70.2 Å². The first-order chi connectivity index (χ1) is 5.88. The fourth-order valence-electron chi connectivity index (χ4n) is 0.746. The van der Waals surface area contributed by atoms with Gasteiger partial charge in [0.05, 0.1) is 5.69 Å². The van der Waals surface area contributed by atoms with E-state index in [-0.39, 0.29) is 0 Å². The molecule has 0 aliphatic rings. The second-order valence-electron chi connectivity index (χ2n) is 2.25. The third-order valence-corrected chi connectivity index (χ3v) is 1.20. The molecule has 1 N–H and O–H groups in total. The molecule has 0 amide bonds. The van der Waals surface area contributed by atoms with Crippen molar-refractivity contribution in [3.8, 4) is 0 Å². The highest BCUT2D eigenvalue weighted by atomic mass is 19.4. The Bertz CT molecular complexity index is 306. The van der Waals surface area contributed by atoms with Crippen molar-refractivity contribution in [2.24, 2.45) is 0 Å². The van der Waals surface area contributed by atoms with Crippen molar-refractivity contribution in [1.29, 1.82) is 0 Å². The molecule has 0 aliphatic heterocycles. The topological polar surface area (TPSA) is 12.0 Å². The zero-order chi connectivity index (χ0) is 10.1. The molecular weight excluding hydrogens is 193 g/mol. The van der Waals surface area contributed by atoms with Gasteiger partial charge in [0.1, 0.15) is 11.6 Å². The van der Waals surface area contributed by atoms with Crippen molar-refractivity contribution in [3.63, 3.8) is 0 Å². The summed E-state index contributed by atoms with van der Waals surface area (Å²) >= 11 is 0. The summed E-state index contributed by atoms with van der Waals surface area (Å²) in [5, 5.41) is 0.875. The summed E-state index contributed by atoms with van der Waals surface area (Å²) in [4.78, 5) is 0. The molecule has 0 atom stereocenters. The second-order valence-corrected chi connectivity index (χ2v) is 2.25. The summed E-state index contributed by atoms with van der Waals surface area (Å²) in [7, 11) is 0. The third kappa shape index (κ3) is 2.89. The standard InChI is InChI=1S/C7H4F5N/c8-4-1-2-5(9)6(3-4)13-7(10,11)12/h1-3,13H. The van der Waals surface area contributed by atoms with Crippen LogP contribution in [0.2, 0.25) is 0 Å². The van der Waals surface area contributed by atoms with Crippen molar-refractivity contribution in [1.82, 2.24) is 0 Å². The lowest BCUT2D eigenvalue weighted by Crippen LogP contribution is -2.21. The zero-order valence-electron chi connectivity index (χ0n) is 6.12. The highest BCUT2D eigenvalue weighted by molar-refractivity contribution is 5.45. The first kappa shape index (κ1) is 9.76. The Morgan fingerprint density at radius 3 is 2.23 bits per heavy atom. The Kier molecular flexibility index (Phi) is 2.40. The van der Waals surface area contributed by atoms with Crippen molar-refractivity contribution >= 4 is 5.69 Å². The number of halogens is 5. The molecule has 1 aromatic carbocycles. The summed E-state index contributed by atoms with van der Waals surface area (Å²) in [5.41, 5.74) is -0.924. The Morgan fingerprint density at radius 1 is 1.08 bits per heavy atom. The van der Waals surface area contributed by atoms with Gasteiger partial charge in [-0.3, -0.25) is 5.32 Å². The van der Waals surface area contributed by atoms with Gasteiger partial charge in [0, 0.05) is 6.07 Å². The predicted octanol–water partition coefficient (Wildman–Crippen LogP) is 2.90. The van der Waals surface area contributed by atoms with Crippen molar-refractivity contribution in [3.05, 3.63) is 29.8 Å². The van der Waals surface area contributed by atoms with Gasteiger partial charge in [-0.05, 0) is 12.1 Å². The fraction of sp³-hybridized carbons (Fsp3) is 0.143. The predicted molar refractivity (Wildman–Crippen MR) is 36.0 cm³/mol. The molecule has 0 spiro atoms. The smallest absolute Gasteiger partial charge is 0.295 e. The molecule has 0 saturated carbocycles. The molecule has 0 aromatic heterocycles. The highest BCUT2D eigenvalue weighted by Gasteiger charge is 2.28. The number of anilines is 1. The third-order valence-electron chi connectivity index (χ3n) is 1.20. The molecule has 0 bridgehead atoms. The fourth-order valence-corrected chi connectivity index (χ4v) is 0.746. The van der Waals surface area contributed by atoms with Crippen LogP contribution in [0.3, 0.4) is 0 Å². The molecule has 0 heterocycles. The molecule has 13 heavy (non-hydrogen) atoms. The van der Waals surface area contributed by atoms with Crippen LogP contribution in [-0.2, 0) is 0 Å². The van der Waals surface area contributed by atoms with E-state index in [1.54, 1.807) is 0 Å². The van der Waals surface area contributed by atoms with Gasteiger partial charge in [0.25, 0.3) is 0 Å². The lowest BCUT2D eigenvalue weighted by atomic mass is 10.3. The van der Waals surface area contributed by atoms with Gasteiger partial charge in [0.15, 0.2) is 0 Å². The minimum absolute atomic E-state index is 0.433. The lowest BCUT2D eigenvalue weighted by Gasteiger charge is -2.10. The van der Waals surface area contributed by atoms with E-state index < -0.39 is 23.6 Å². The van der Waals surface area contributed by atoms with Crippen LogP contribution >= 0.6 is 0 Å². The van der Waals surface area contributed by atoms with Gasteiger partial charge in [-0.2, -0.15) is 13.2 Å². The molecule has 0 unspecified atom stereocenters. The number of hydrogen-bond donors (Lipinski definition) is 1. The summed E-state index contributed by atoms with van der Waals surface area (Å²) in [5.74, 6) is -2.09. The normalized spacial score (nSPS) is 11.5. The molecule has 0 saturated heterocycles. The van der Waals surface area contributed by atoms with E-state index >= 15 is 0 Å². The molecule has 1 aromatic rings. The lowest BCUT2D eigenvalue weighted by molar-refractivity contribution is -0.100. The van der Waals surface area contributed by atoms with E-state index in [2.05, 4.69) is 0 Å². The van der Waals surface area contributed by atoms with Crippen LogP contribution in [0, 0.1) is 11.6 Å². The van der Waals surface area contributed by atoms with Crippen LogP contribution in [0.5, 0.6) is 0 Å². The van der Waals surface area contributed by atoms with Crippen molar-refractivity contribution in [2.45, 2.75) is 6.30 Å². The van der Waals surface area contributed by atoms with Gasteiger partial charge < -0.3 is 0 Å². The van der Waals surface area contributed by atoms with E-state index in [0.29, 0.717) is 12.1 Å². The monoisotopic (exact) mass is 197 g/mol. The molecule has 1 nitrogen and oxygen atoms in total. The van der Waals surface area contributed by atoms with Gasteiger partial charge in [0.2, 0.25) is 0 Å². The molecule has 0 radical (unpaired) electrons. The summed E-state index contributed by atoms with van der Waals surface area (Å²) in [6, 6.07) is 1.78. The van der Waals surface area contributed by atoms with Gasteiger partial charge in [-0.1, -0.05) is 0 Å². The number of rotatable bonds is 1. The minimum atomic E-state index is -4.77. The van der Waals surface area contributed by atoms with Gasteiger partial charge >= 0.3 is 6.30 Å². The van der Waals surface area contributed by atoms with Crippen LogP contribution < -0.4 is 5.32 Å². The number of nitrogens with one attached hydrogen (secondary N) is 1. The van der Waals surface area contributed by atoms with E-state index in [1.807, 2.05) is 0 Å². The molecule has 6 heteroatoms. The largest absolute Gasteiger partial charge is 0.482 e. The molecule has 0 aliphatic carbocycles. The Balaban J connectivity index is 2.94. The second kappa shape index (κ2) is 3.20. The average molecular weight is 197 g/mol. The van der Waals surface area contributed by atoms with Gasteiger partial charge in [-0.25, -0.2) is 8.78 Å². The molecule has 0 fully saturated rings. The average Bonchev–Trinajstić information content (AvgIpc) is 1.94. The van der Waals surface area contributed by atoms with Crippen LogP contribution in [0.25, 0.3) is 0 Å². The van der Waals surface area contributed by atoms with Gasteiger partial charge in [-0.15, -0.1) is 0 Å². The molecule has 72 valence electrons. The summed E-state index contributed by atoms with van der Waals surface area (Å²) in [6.07, 6.45) is -4.77. The van der Waals surface area contributed by atoms with Crippen LogP contribution in [0.15, 0.2) is 18.2 Å². The number of hydrogen-bond acceptors (Lipinski definition) is 1. The van der Waals surface area contributed by atoms with E-state index in [4.69, 9.17) is 0 Å². The number of benzene rings is 1. The maximum atomic E-state index is 12.6. The molecular formula is C7H4F5N. The Morgan fingerprint density at radius 2 is 1.69 bits per heavy atom. The summed E-state index contributed by atoms with van der Waals surface area (Å²) < 4.78 is 59.9. The molecule has 1 rings (SSSR count). The van der Waals surface area contributed by atoms with E-state index in [0.717, 1.165) is 11.4 Å². The minimum Gasteiger partial charge on any atom is -0.295 e. The summed E-state index contributed by atoms with van der Waals surface area (Å²) in [6.45, 7) is 0. The maximum Gasteiger partial charge on any atom is 0.482 e.